The molecule has 1 saturated heterocycles. The van der Waals surface area contributed by atoms with Crippen LogP contribution in [0.1, 0.15) is 25.3 Å². The number of hydrogen-bond donors (Lipinski definition) is 1. The first kappa shape index (κ1) is 21.6. The molecule has 0 radical (unpaired) electrons. The summed E-state index contributed by atoms with van der Waals surface area (Å²) in [7, 11) is -3.54. The number of para-hydroxylation sites is 2. The standard InChI is InChI=1S/C21H25ClN2O4S/c1-2-28-20-11-4-3-10-19(20)23-21(25)17-8-6-12-24(14-17)29(26,27)15-16-7-5-9-18(22)13-16/h3-5,7,9-11,13,17H,2,6,8,12,14-15H2,1H3,(H,23,25)/t17-/m0/s1. The number of ether oxygens (including phenoxy) is 1. The van der Waals surface area contributed by atoms with Crippen molar-refractivity contribution in [3.05, 3.63) is 59.1 Å². The lowest BCUT2D eigenvalue weighted by Crippen LogP contribution is -2.44. The molecule has 0 spiro atoms. The summed E-state index contributed by atoms with van der Waals surface area (Å²) in [5.41, 5.74) is 1.23. The summed E-state index contributed by atoms with van der Waals surface area (Å²) in [5, 5.41) is 3.39. The number of hydrogen-bond acceptors (Lipinski definition) is 4. The molecular weight excluding hydrogens is 412 g/mol. The normalized spacial score (nSPS) is 17.7. The molecule has 1 amide bonds. The number of carbonyl (C=O) groups excluding carboxylic acids is 1. The highest BCUT2D eigenvalue weighted by Gasteiger charge is 2.32. The van der Waals surface area contributed by atoms with Crippen molar-refractivity contribution >= 4 is 33.2 Å². The van der Waals surface area contributed by atoms with Gasteiger partial charge in [-0.25, -0.2) is 12.7 Å². The highest BCUT2D eigenvalue weighted by atomic mass is 35.5. The van der Waals surface area contributed by atoms with Gasteiger partial charge in [0.1, 0.15) is 5.75 Å². The fourth-order valence-corrected chi connectivity index (χ4v) is 5.23. The highest BCUT2D eigenvalue weighted by molar-refractivity contribution is 7.88. The van der Waals surface area contributed by atoms with Gasteiger partial charge >= 0.3 is 0 Å². The Kier molecular flexibility index (Phi) is 7.16. The molecule has 2 aromatic rings. The Balaban J connectivity index is 1.67. The van der Waals surface area contributed by atoms with Crippen molar-refractivity contribution in [1.29, 1.82) is 0 Å². The Bertz CT molecular complexity index is 965. The van der Waals surface area contributed by atoms with Crippen molar-refractivity contribution in [2.24, 2.45) is 5.92 Å². The molecule has 0 bridgehead atoms. The molecule has 1 fully saturated rings. The Morgan fingerprint density at radius 1 is 1.24 bits per heavy atom. The van der Waals surface area contributed by atoms with Gasteiger partial charge in [0, 0.05) is 18.1 Å². The zero-order valence-electron chi connectivity index (χ0n) is 16.3. The smallest absolute Gasteiger partial charge is 0.228 e. The summed E-state index contributed by atoms with van der Waals surface area (Å²) >= 11 is 5.96. The van der Waals surface area contributed by atoms with E-state index < -0.39 is 15.9 Å². The van der Waals surface area contributed by atoms with E-state index >= 15 is 0 Å². The van der Waals surface area contributed by atoms with Crippen LogP contribution in [0.15, 0.2) is 48.5 Å². The summed E-state index contributed by atoms with van der Waals surface area (Å²) in [6.07, 6.45) is 1.28. The van der Waals surface area contributed by atoms with Crippen LogP contribution in [0.25, 0.3) is 0 Å². The highest BCUT2D eigenvalue weighted by Crippen LogP contribution is 2.27. The fraction of sp³-hybridized carbons (Fsp3) is 0.381. The zero-order chi connectivity index (χ0) is 20.9. The average Bonchev–Trinajstić information content (AvgIpc) is 2.69. The van der Waals surface area contributed by atoms with Gasteiger partial charge in [-0.15, -0.1) is 0 Å². The molecule has 29 heavy (non-hydrogen) atoms. The second kappa shape index (κ2) is 9.61. The van der Waals surface area contributed by atoms with E-state index in [0.717, 1.165) is 0 Å². The van der Waals surface area contributed by atoms with Gasteiger partial charge in [-0.3, -0.25) is 4.79 Å². The minimum atomic E-state index is -3.54. The number of benzene rings is 2. The Morgan fingerprint density at radius 2 is 2.03 bits per heavy atom. The topological polar surface area (TPSA) is 75.7 Å². The van der Waals surface area contributed by atoms with E-state index in [-0.39, 0.29) is 18.2 Å². The molecule has 2 aromatic carbocycles. The number of nitrogens with one attached hydrogen (secondary N) is 1. The third kappa shape index (κ3) is 5.72. The Morgan fingerprint density at radius 3 is 2.79 bits per heavy atom. The van der Waals surface area contributed by atoms with E-state index in [4.69, 9.17) is 16.3 Å². The van der Waals surface area contributed by atoms with Crippen LogP contribution in [0.4, 0.5) is 5.69 Å². The number of halogens is 1. The van der Waals surface area contributed by atoms with E-state index in [1.807, 2.05) is 19.1 Å². The first-order valence-corrected chi connectivity index (χ1v) is 11.6. The average molecular weight is 437 g/mol. The monoisotopic (exact) mass is 436 g/mol. The SMILES string of the molecule is CCOc1ccccc1NC(=O)[C@H]1CCCN(S(=O)(=O)Cc2cccc(Cl)c2)C1. The lowest BCUT2D eigenvalue weighted by Gasteiger charge is -2.31. The molecule has 8 heteroatoms. The summed E-state index contributed by atoms with van der Waals surface area (Å²) < 4.78 is 32.7. The summed E-state index contributed by atoms with van der Waals surface area (Å²) in [6, 6.07) is 14.1. The molecule has 6 nitrogen and oxygen atoms in total. The van der Waals surface area contributed by atoms with Gasteiger partial charge in [-0.2, -0.15) is 0 Å². The van der Waals surface area contributed by atoms with E-state index in [1.54, 1.807) is 36.4 Å². The predicted molar refractivity (Wildman–Crippen MR) is 115 cm³/mol. The van der Waals surface area contributed by atoms with Crippen LogP contribution in [-0.4, -0.2) is 38.3 Å². The molecule has 3 rings (SSSR count). The molecule has 1 N–H and O–H groups in total. The molecule has 1 aliphatic rings. The number of anilines is 1. The summed E-state index contributed by atoms with van der Waals surface area (Å²) in [6.45, 7) is 2.96. The number of rotatable bonds is 7. The molecule has 1 heterocycles. The van der Waals surface area contributed by atoms with Gasteiger partial charge in [0.25, 0.3) is 0 Å². The van der Waals surface area contributed by atoms with Crippen molar-refractivity contribution in [3.8, 4) is 5.75 Å². The summed E-state index contributed by atoms with van der Waals surface area (Å²) in [5.74, 6) is -0.133. The quantitative estimate of drug-likeness (QED) is 0.713. The van der Waals surface area contributed by atoms with Crippen molar-refractivity contribution in [2.75, 3.05) is 25.0 Å². The van der Waals surface area contributed by atoms with Gasteiger partial charge < -0.3 is 10.1 Å². The van der Waals surface area contributed by atoms with E-state index in [2.05, 4.69) is 5.32 Å². The van der Waals surface area contributed by atoms with Crippen LogP contribution in [0.5, 0.6) is 5.75 Å². The van der Waals surface area contributed by atoms with Gasteiger partial charge in [0.15, 0.2) is 0 Å². The molecule has 0 unspecified atom stereocenters. The van der Waals surface area contributed by atoms with Crippen molar-refractivity contribution < 1.29 is 17.9 Å². The van der Waals surface area contributed by atoms with Crippen LogP contribution in [0.3, 0.4) is 0 Å². The Hall–Kier alpha value is -2.09. The number of piperidine rings is 1. The maximum Gasteiger partial charge on any atom is 0.228 e. The number of sulfonamides is 1. The van der Waals surface area contributed by atoms with Crippen molar-refractivity contribution in [1.82, 2.24) is 4.31 Å². The molecule has 1 aliphatic heterocycles. The van der Waals surface area contributed by atoms with Crippen LogP contribution >= 0.6 is 11.6 Å². The molecular formula is C21H25ClN2O4S. The number of amides is 1. The molecule has 0 aromatic heterocycles. The predicted octanol–water partition coefficient (Wildman–Crippen LogP) is 3.92. The first-order chi connectivity index (χ1) is 13.9. The van der Waals surface area contributed by atoms with Crippen molar-refractivity contribution in [2.45, 2.75) is 25.5 Å². The lowest BCUT2D eigenvalue weighted by molar-refractivity contribution is -0.120. The van der Waals surface area contributed by atoms with Gasteiger partial charge in [-0.1, -0.05) is 35.9 Å². The van der Waals surface area contributed by atoms with Crippen LogP contribution in [-0.2, 0) is 20.6 Å². The second-order valence-corrected chi connectivity index (χ2v) is 9.41. The van der Waals surface area contributed by atoms with Crippen molar-refractivity contribution in [3.63, 3.8) is 0 Å². The maximum absolute atomic E-state index is 12.9. The molecule has 1 atom stereocenters. The molecule has 0 aliphatic carbocycles. The number of nitrogens with zero attached hydrogens (tertiary/aromatic N) is 1. The van der Waals surface area contributed by atoms with Gasteiger partial charge in [-0.05, 0) is 49.6 Å². The van der Waals surface area contributed by atoms with Crippen LogP contribution in [0, 0.1) is 5.92 Å². The summed E-state index contributed by atoms with van der Waals surface area (Å²) in [4.78, 5) is 12.8. The Labute approximate surface area is 176 Å². The third-order valence-corrected chi connectivity index (χ3v) is 6.88. The largest absolute Gasteiger partial charge is 0.492 e. The molecule has 0 saturated carbocycles. The van der Waals surface area contributed by atoms with Crippen LogP contribution in [0.2, 0.25) is 5.02 Å². The molecule has 156 valence electrons. The minimum Gasteiger partial charge on any atom is -0.492 e. The maximum atomic E-state index is 12.9. The fourth-order valence-electron chi connectivity index (χ4n) is 3.42. The minimum absolute atomic E-state index is 0.130. The zero-order valence-corrected chi connectivity index (χ0v) is 17.9. The second-order valence-electron chi connectivity index (χ2n) is 7.00. The van der Waals surface area contributed by atoms with E-state index in [0.29, 0.717) is 48.0 Å². The third-order valence-electron chi connectivity index (χ3n) is 4.83. The number of carbonyl (C=O) groups is 1. The van der Waals surface area contributed by atoms with Gasteiger partial charge in [0.2, 0.25) is 15.9 Å². The lowest BCUT2D eigenvalue weighted by atomic mass is 9.98. The van der Waals surface area contributed by atoms with Gasteiger partial charge in [0.05, 0.1) is 24.0 Å². The van der Waals surface area contributed by atoms with Crippen LogP contribution < -0.4 is 10.1 Å². The first-order valence-electron chi connectivity index (χ1n) is 9.64. The van der Waals surface area contributed by atoms with E-state index in [9.17, 15) is 13.2 Å². The van der Waals surface area contributed by atoms with E-state index in [1.165, 1.54) is 4.31 Å².